The maximum absolute atomic E-state index is 13.2. The van der Waals surface area contributed by atoms with Gasteiger partial charge in [0.2, 0.25) is 5.91 Å². The topological polar surface area (TPSA) is 20.3 Å². The van der Waals surface area contributed by atoms with E-state index in [-0.39, 0.29) is 5.41 Å². The van der Waals surface area contributed by atoms with Crippen molar-refractivity contribution in [1.82, 2.24) is 0 Å². The van der Waals surface area contributed by atoms with Crippen LogP contribution in [0, 0.1) is 23.2 Å². The van der Waals surface area contributed by atoms with E-state index in [4.69, 9.17) is 0 Å². The molecule has 4 rings (SSSR count). The van der Waals surface area contributed by atoms with E-state index >= 15 is 0 Å². The van der Waals surface area contributed by atoms with Crippen molar-refractivity contribution in [2.24, 2.45) is 23.2 Å². The Morgan fingerprint density at radius 1 is 1.24 bits per heavy atom. The molecular weight excluding hydrogens is 258 g/mol. The van der Waals surface area contributed by atoms with Gasteiger partial charge in [-0.3, -0.25) is 4.79 Å². The molecule has 0 aromatic heterocycles. The molecule has 2 aliphatic carbocycles. The number of carbonyl (C=O) groups is 1. The lowest BCUT2D eigenvalue weighted by atomic mass is 9.69. The number of para-hydroxylation sites is 1. The standard InChI is InChI=1S/C19H21NO/c1-2-14-12-15-13-20(16-8-4-3-5-9-16)18(21)19(15)11-7-6-10-17(14)19/h3-11,14-15,17H,2,12-13H2,1H3/t14-,15+,17-,19+/m0/s1. The zero-order chi connectivity index (χ0) is 14.4. The molecule has 2 heteroatoms. The molecule has 1 aliphatic heterocycles. The van der Waals surface area contributed by atoms with Gasteiger partial charge < -0.3 is 4.90 Å². The predicted molar refractivity (Wildman–Crippen MR) is 84.9 cm³/mol. The van der Waals surface area contributed by atoms with Crippen LogP contribution in [-0.4, -0.2) is 12.5 Å². The monoisotopic (exact) mass is 279 g/mol. The van der Waals surface area contributed by atoms with Crippen LogP contribution < -0.4 is 4.90 Å². The predicted octanol–water partition coefficient (Wildman–Crippen LogP) is 3.81. The third kappa shape index (κ3) is 1.62. The van der Waals surface area contributed by atoms with Crippen molar-refractivity contribution in [3.05, 3.63) is 54.6 Å². The van der Waals surface area contributed by atoms with Gasteiger partial charge in [-0.05, 0) is 36.3 Å². The normalized spacial score (nSPS) is 36.9. The van der Waals surface area contributed by atoms with Crippen LogP contribution in [0.3, 0.4) is 0 Å². The molecule has 2 fully saturated rings. The molecule has 3 aliphatic rings. The summed E-state index contributed by atoms with van der Waals surface area (Å²) in [5, 5.41) is 0. The molecule has 2 nitrogen and oxygen atoms in total. The van der Waals surface area contributed by atoms with Gasteiger partial charge in [-0.2, -0.15) is 0 Å². The largest absolute Gasteiger partial charge is 0.311 e. The Balaban J connectivity index is 1.75. The summed E-state index contributed by atoms with van der Waals surface area (Å²) in [7, 11) is 0. The van der Waals surface area contributed by atoms with Crippen LogP contribution >= 0.6 is 0 Å². The van der Waals surface area contributed by atoms with E-state index in [1.54, 1.807) is 0 Å². The molecule has 1 aromatic rings. The first kappa shape index (κ1) is 12.9. The summed E-state index contributed by atoms with van der Waals surface area (Å²) in [4.78, 5) is 15.3. The number of anilines is 1. The molecule has 1 saturated carbocycles. The molecule has 1 aromatic carbocycles. The number of nitrogens with zero attached hydrogens (tertiary/aromatic N) is 1. The van der Waals surface area contributed by atoms with Crippen molar-refractivity contribution in [2.45, 2.75) is 19.8 Å². The summed E-state index contributed by atoms with van der Waals surface area (Å²) >= 11 is 0. The molecule has 0 N–H and O–H groups in total. The minimum Gasteiger partial charge on any atom is -0.311 e. The number of hydrogen-bond donors (Lipinski definition) is 0. The first-order valence-electron chi connectivity index (χ1n) is 8.00. The Kier molecular flexibility index (Phi) is 2.81. The van der Waals surface area contributed by atoms with E-state index in [9.17, 15) is 4.79 Å². The zero-order valence-corrected chi connectivity index (χ0v) is 12.4. The molecular formula is C19H21NO. The van der Waals surface area contributed by atoms with Gasteiger partial charge >= 0.3 is 0 Å². The third-order valence-corrected chi connectivity index (χ3v) is 5.73. The van der Waals surface area contributed by atoms with Crippen molar-refractivity contribution in [3.8, 4) is 0 Å². The minimum atomic E-state index is -0.273. The highest BCUT2D eigenvalue weighted by molar-refractivity contribution is 6.02. The van der Waals surface area contributed by atoms with Gasteiger partial charge in [-0.1, -0.05) is 55.8 Å². The molecule has 1 heterocycles. The van der Waals surface area contributed by atoms with Crippen LogP contribution in [0.1, 0.15) is 19.8 Å². The van der Waals surface area contributed by atoms with Crippen LogP contribution in [0.5, 0.6) is 0 Å². The van der Waals surface area contributed by atoms with Crippen molar-refractivity contribution in [2.75, 3.05) is 11.4 Å². The fourth-order valence-corrected chi connectivity index (χ4v) is 4.73. The Morgan fingerprint density at radius 3 is 2.81 bits per heavy atom. The van der Waals surface area contributed by atoms with Crippen LogP contribution in [0.4, 0.5) is 5.69 Å². The van der Waals surface area contributed by atoms with Crippen LogP contribution in [0.2, 0.25) is 0 Å². The second kappa shape index (κ2) is 4.59. The molecule has 21 heavy (non-hydrogen) atoms. The molecule has 0 bridgehead atoms. The van der Waals surface area contributed by atoms with Crippen molar-refractivity contribution in [3.63, 3.8) is 0 Å². The SMILES string of the molecule is CC[C@H]1C[C@@H]2CN(c3ccccc3)C(=O)[C@]23C=CC=C[C@@H]13. The number of allylic oxidation sites excluding steroid dienone is 3. The summed E-state index contributed by atoms with van der Waals surface area (Å²) in [5.74, 6) is 1.80. The lowest BCUT2D eigenvalue weighted by molar-refractivity contribution is -0.125. The summed E-state index contributed by atoms with van der Waals surface area (Å²) in [6.45, 7) is 3.12. The fourth-order valence-electron chi connectivity index (χ4n) is 4.73. The second-order valence-corrected chi connectivity index (χ2v) is 6.56. The maximum atomic E-state index is 13.2. The van der Waals surface area contributed by atoms with Crippen molar-refractivity contribution >= 4 is 11.6 Å². The van der Waals surface area contributed by atoms with E-state index in [2.05, 4.69) is 31.2 Å². The quantitative estimate of drug-likeness (QED) is 0.806. The third-order valence-electron chi connectivity index (χ3n) is 5.73. The average Bonchev–Trinajstić information content (AvgIpc) is 3.00. The highest BCUT2D eigenvalue weighted by atomic mass is 16.2. The van der Waals surface area contributed by atoms with Gasteiger partial charge in [-0.25, -0.2) is 0 Å². The summed E-state index contributed by atoms with van der Waals surface area (Å²) in [6.07, 6.45) is 11.0. The van der Waals surface area contributed by atoms with Gasteiger partial charge in [0.05, 0.1) is 5.41 Å². The minimum absolute atomic E-state index is 0.273. The van der Waals surface area contributed by atoms with E-state index in [0.717, 1.165) is 12.2 Å². The van der Waals surface area contributed by atoms with Gasteiger partial charge in [0.25, 0.3) is 0 Å². The van der Waals surface area contributed by atoms with Gasteiger partial charge in [0.1, 0.15) is 0 Å². The first-order chi connectivity index (χ1) is 10.3. The van der Waals surface area contributed by atoms with Crippen LogP contribution in [0.25, 0.3) is 0 Å². The Morgan fingerprint density at radius 2 is 2.05 bits per heavy atom. The van der Waals surface area contributed by atoms with E-state index < -0.39 is 0 Å². The maximum Gasteiger partial charge on any atom is 0.238 e. The molecule has 1 spiro atoms. The zero-order valence-electron chi connectivity index (χ0n) is 12.4. The molecule has 0 unspecified atom stereocenters. The number of hydrogen-bond acceptors (Lipinski definition) is 1. The molecule has 1 saturated heterocycles. The summed E-state index contributed by atoms with van der Waals surface area (Å²) in [5.41, 5.74) is 0.770. The highest BCUT2D eigenvalue weighted by Crippen LogP contribution is 2.59. The van der Waals surface area contributed by atoms with Crippen molar-refractivity contribution in [1.29, 1.82) is 0 Å². The van der Waals surface area contributed by atoms with Crippen molar-refractivity contribution < 1.29 is 4.79 Å². The lowest BCUT2D eigenvalue weighted by Crippen LogP contribution is -2.39. The Labute approximate surface area is 126 Å². The second-order valence-electron chi connectivity index (χ2n) is 6.56. The highest BCUT2D eigenvalue weighted by Gasteiger charge is 2.62. The molecule has 1 amide bonds. The smallest absolute Gasteiger partial charge is 0.238 e. The first-order valence-corrected chi connectivity index (χ1v) is 8.00. The fraction of sp³-hybridized carbons (Fsp3) is 0.421. The summed E-state index contributed by atoms with van der Waals surface area (Å²) < 4.78 is 0. The van der Waals surface area contributed by atoms with E-state index in [0.29, 0.717) is 23.7 Å². The van der Waals surface area contributed by atoms with Gasteiger partial charge in [0, 0.05) is 12.2 Å². The molecule has 0 radical (unpaired) electrons. The van der Waals surface area contributed by atoms with Crippen LogP contribution in [0.15, 0.2) is 54.6 Å². The van der Waals surface area contributed by atoms with Gasteiger partial charge in [0.15, 0.2) is 0 Å². The number of amides is 1. The Hall–Kier alpha value is -1.83. The van der Waals surface area contributed by atoms with E-state index in [1.165, 1.54) is 12.8 Å². The number of carbonyl (C=O) groups excluding carboxylic acids is 1. The summed E-state index contributed by atoms with van der Waals surface area (Å²) in [6, 6.07) is 10.1. The van der Waals surface area contributed by atoms with E-state index in [1.807, 2.05) is 35.2 Å². The lowest BCUT2D eigenvalue weighted by Gasteiger charge is -2.33. The number of benzene rings is 1. The van der Waals surface area contributed by atoms with Gasteiger partial charge in [-0.15, -0.1) is 0 Å². The molecule has 4 atom stereocenters. The molecule has 108 valence electrons. The Bertz CT molecular complexity index is 618. The number of rotatable bonds is 2. The average molecular weight is 279 g/mol. The van der Waals surface area contributed by atoms with Crippen LogP contribution in [-0.2, 0) is 4.79 Å².